The first-order valence-electron chi connectivity index (χ1n) is 4.88. The summed E-state index contributed by atoms with van der Waals surface area (Å²) in [6.45, 7) is 1.22. The van der Waals surface area contributed by atoms with Gasteiger partial charge in [-0.3, -0.25) is 0 Å². The largest absolute Gasteiger partial charge is 0.461 e. The number of ether oxygens (including phenoxy) is 1. The van der Waals surface area contributed by atoms with E-state index in [2.05, 4.69) is 4.74 Å². The van der Waals surface area contributed by atoms with Gasteiger partial charge in [-0.1, -0.05) is 23.7 Å². The summed E-state index contributed by atoms with van der Waals surface area (Å²) in [6.07, 6.45) is -2.28. The highest BCUT2D eigenvalue weighted by atomic mass is 35.5. The van der Waals surface area contributed by atoms with Crippen LogP contribution in [0.15, 0.2) is 24.3 Å². The molecule has 0 amide bonds. The summed E-state index contributed by atoms with van der Waals surface area (Å²) < 4.78 is 31.1. The van der Waals surface area contributed by atoms with Crippen LogP contribution < -0.4 is 0 Å². The zero-order valence-corrected chi connectivity index (χ0v) is 9.75. The topological polar surface area (TPSA) is 46.5 Å². The minimum atomic E-state index is -4.00. The molecule has 0 fully saturated rings. The van der Waals surface area contributed by atoms with E-state index in [1.54, 1.807) is 0 Å². The maximum absolute atomic E-state index is 13.4. The summed E-state index contributed by atoms with van der Waals surface area (Å²) in [5.41, 5.74) is -0.143. The van der Waals surface area contributed by atoms with Gasteiger partial charge in [0.05, 0.1) is 6.61 Å². The van der Waals surface area contributed by atoms with Gasteiger partial charge in [0.25, 0.3) is 0 Å². The number of esters is 1. The van der Waals surface area contributed by atoms with Crippen molar-refractivity contribution in [2.45, 2.75) is 19.0 Å². The molecule has 0 aliphatic heterocycles. The molecule has 0 saturated heterocycles. The Bertz CT molecular complexity index is 409. The van der Waals surface area contributed by atoms with Crippen molar-refractivity contribution in [3.8, 4) is 0 Å². The number of hydrogen-bond acceptors (Lipinski definition) is 3. The molecule has 94 valence electrons. The summed E-state index contributed by atoms with van der Waals surface area (Å²) in [6, 6.07) is 5.30. The van der Waals surface area contributed by atoms with E-state index in [4.69, 9.17) is 11.6 Å². The first-order chi connectivity index (χ1) is 7.89. The number of halogens is 3. The fourth-order valence-electron chi connectivity index (χ4n) is 1.22. The zero-order chi connectivity index (χ0) is 13.1. The SMILES string of the molecule is CCOC(=O)C(F)(F)[C@@H](O)c1cccc(Cl)c1. The number of hydrogen-bond donors (Lipinski definition) is 1. The second-order valence-electron chi connectivity index (χ2n) is 3.30. The van der Waals surface area contributed by atoms with E-state index in [1.807, 2.05) is 0 Å². The number of aliphatic hydroxyl groups is 1. The molecule has 1 aromatic carbocycles. The molecular formula is C11H11ClF2O3. The van der Waals surface area contributed by atoms with Gasteiger partial charge < -0.3 is 9.84 Å². The average molecular weight is 265 g/mol. The predicted octanol–water partition coefficient (Wildman–Crippen LogP) is 2.57. The van der Waals surface area contributed by atoms with E-state index in [9.17, 15) is 18.7 Å². The summed E-state index contributed by atoms with van der Waals surface area (Å²) >= 11 is 5.61. The molecular weight excluding hydrogens is 254 g/mol. The van der Waals surface area contributed by atoms with Crippen LogP contribution in [0.1, 0.15) is 18.6 Å². The van der Waals surface area contributed by atoms with Crippen molar-refractivity contribution in [3.63, 3.8) is 0 Å². The number of alkyl halides is 2. The van der Waals surface area contributed by atoms with Crippen molar-refractivity contribution in [1.29, 1.82) is 0 Å². The van der Waals surface area contributed by atoms with Crippen LogP contribution in [0.5, 0.6) is 0 Å². The molecule has 3 nitrogen and oxygen atoms in total. The third kappa shape index (κ3) is 3.14. The highest BCUT2D eigenvalue weighted by Gasteiger charge is 2.49. The van der Waals surface area contributed by atoms with Crippen LogP contribution in [0.2, 0.25) is 5.02 Å². The molecule has 0 saturated carbocycles. The number of rotatable bonds is 4. The van der Waals surface area contributed by atoms with Gasteiger partial charge in [0.1, 0.15) is 0 Å². The average Bonchev–Trinajstić information content (AvgIpc) is 2.28. The summed E-state index contributed by atoms with van der Waals surface area (Å²) in [5.74, 6) is -5.76. The van der Waals surface area contributed by atoms with E-state index in [0.717, 1.165) is 0 Å². The van der Waals surface area contributed by atoms with E-state index < -0.39 is 18.0 Å². The molecule has 1 aromatic rings. The third-order valence-electron chi connectivity index (χ3n) is 2.06. The highest BCUT2D eigenvalue weighted by molar-refractivity contribution is 6.30. The van der Waals surface area contributed by atoms with Crippen LogP contribution in [-0.2, 0) is 9.53 Å². The number of benzene rings is 1. The second-order valence-corrected chi connectivity index (χ2v) is 3.74. The van der Waals surface area contributed by atoms with Crippen molar-refractivity contribution in [1.82, 2.24) is 0 Å². The van der Waals surface area contributed by atoms with Crippen LogP contribution >= 0.6 is 11.6 Å². The third-order valence-corrected chi connectivity index (χ3v) is 2.29. The van der Waals surface area contributed by atoms with Crippen molar-refractivity contribution in [3.05, 3.63) is 34.9 Å². The fourth-order valence-corrected chi connectivity index (χ4v) is 1.42. The van der Waals surface area contributed by atoms with Crippen molar-refractivity contribution in [2.24, 2.45) is 0 Å². The molecule has 1 N–H and O–H groups in total. The summed E-state index contributed by atoms with van der Waals surface area (Å²) in [7, 11) is 0. The lowest BCUT2D eigenvalue weighted by Gasteiger charge is -2.20. The molecule has 0 radical (unpaired) electrons. The Morgan fingerprint density at radius 3 is 2.76 bits per heavy atom. The first-order valence-corrected chi connectivity index (χ1v) is 5.26. The number of carbonyl (C=O) groups is 1. The number of aliphatic hydroxyl groups excluding tert-OH is 1. The van der Waals surface area contributed by atoms with Crippen molar-refractivity contribution in [2.75, 3.05) is 6.61 Å². The Morgan fingerprint density at radius 1 is 1.59 bits per heavy atom. The monoisotopic (exact) mass is 264 g/mol. The highest BCUT2D eigenvalue weighted by Crippen LogP contribution is 2.33. The zero-order valence-electron chi connectivity index (χ0n) is 8.99. The summed E-state index contributed by atoms with van der Waals surface area (Å²) in [5, 5.41) is 9.66. The standard InChI is InChI=1S/C11H11ClF2O3/c1-2-17-10(16)11(13,14)9(15)7-4-3-5-8(12)6-7/h3-6,9,15H,2H2,1H3/t9-/m0/s1. The van der Waals surface area contributed by atoms with Crippen molar-refractivity contribution < 1.29 is 23.4 Å². The van der Waals surface area contributed by atoms with E-state index in [-0.39, 0.29) is 17.2 Å². The van der Waals surface area contributed by atoms with Crippen LogP contribution in [-0.4, -0.2) is 23.6 Å². The molecule has 0 bridgehead atoms. The normalized spacial score (nSPS) is 13.2. The van der Waals surface area contributed by atoms with Gasteiger partial charge in [-0.15, -0.1) is 0 Å². The Balaban J connectivity index is 2.95. The first kappa shape index (κ1) is 13.9. The maximum atomic E-state index is 13.4. The van der Waals surface area contributed by atoms with Crippen LogP contribution in [0.4, 0.5) is 8.78 Å². The molecule has 0 aliphatic carbocycles. The predicted molar refractivity (Wildman–Crippen MR) is 58.0 cm³/mol. The van der Waals surface area contributed by atoms with Gasteiger partial charge in [0.15, 0.2) is 6.10 Å². The molecule has 0 heterocycles. The van der Waals surface area contributed by atoms with Gasteiger partial charge in [-0.05, 0) is 24.6 Å². The van der Waals surface area contributed by atoms with Crippen LogP contribution in [0, 0.1) is 0 Å². The Hall–Kier alpha value is -1.20. The molecule has 0 unspecified atom stereocenters. The summed E-state index contributed by atoms with van der Waals surface area (Å²) in [4.78, 5) is 11.0. The molecule has 0 aliphatic rings. The quantitative estimate of drug-likeness (QED) is 0.850. The Labute approximate surface area is 102 Å². The Morgan fingerprint density at radius 2 is 2.24 bits per heavy atom. The molecule has 0 spiro atoms. The smallest absolute Gasteiger partial charge is 0.380 e. The minimum absolute atomic E-state index is 0.143. The molecule has 1 atom stereocenters. The maximum Gasteiger partial charge on any atom is 0.380 e. The van der Waals surface area contributed by atoms with E-state index in [1.165, 1.54) is 31.2 Å². The van der Waals surface area contributed by atoms with E-state index in [0.29, 0.717) is 0 Å². The van der Waals surface area contributed by atoms with Gasteiger partial charge in [-0.25, -0.2) is 4.79 Å². The van der Waals surface area contributed by atoms with Gasteiger partial charge in [0, 0.05) is 5.02 Å². The molecule has 0 aromatic heterocycles. The van der Waals surface area contributed by atoms with Crippen molar-refractivity contribution >= 4 is 17.6 Å². The molecule has 6 heteroatoms. The molecule has 17 heavy (non-hydrogen) atoms. The lowest BCUT2D eigenvalue weighted by molar-refractivity contribution is -0.189. The lowest BCUT2D eigenvalue weighted by atomic mass is 10.0. The van der Waals surface area contributed by atoms with Crippen LogP contribution in [0.3, 0.4) is 0 Å². The molecule has 1 rings (SSSR count). The second kappa shape index (κ2) is 5.42. The fraction of sp³-hybridized carbons (Fsp3) is 0.364. The van der Waals surface area contributed by atoms with Crippen LogP contribution in [0.25, 0.3) is 0 Å². The lowest BCUT2D eigenvalue weighted by Crippen LogP contribution is -2.37. The van der Waals surface area contributed by atoms with Gasteiger partial charge >= 0.3 is 11.9 Å². The Kier molecular flexibility index (Phi) is 4.42. The van der Waals surface area contributed by atoms with Gasteiger partial charge in [-0.2, -0.15) is 8.78 Å². The van der Waals surface area contributed by atoms with Gasteiger partial charge in [0.2, 0.25) is 0 Å². The van der Waals surface area contributed by atoms with E-state index >= 15 is 0 Å². The number of carbonyl (C=O) groups excluding carboxylic acids is 1. The minimum Gasteiger partial charge on any atom is -0.461 e.